The van der Waals surface area contributed by atoms with Crippen LogP contribution in [0.25, 0.3) is 0 Å². The summed E-state index contributed by atoms with van der Waals surface area (Å²) in [7, 11) is 1.23. The fourth-order valence-electron chi connectivity index (χ4n) is 1.94. The third kappa shape index (κ3) is 4.57. The second-order valence-corrected chi connectivity index (χ2v) is 5.84. The molecule has 0 N–H and O–H groups in total. The normalized spacial score (nSPS) is 10.3. The molecule has 0 unspecified atom stereocenters. The molecule has 0 radical (unpaired) electrons. The van der Waals surface area contributed by atoms with Crippen molar-refractivity contribution < 1.29 is 23.4 Å². The van der Waals surface area contributed by atoms with Gasteiger partial charge in [0, 0.05) is 9.13 Å². The zero-order chi connectivity index (χ0) is 16.8. The molecule has 0 spiro atoms. The first-order valence-corrected chi connectivity index (χ1v) is 8.07. The van der Waals surface area contributed by atoms with Crippen molar-refractivity contribution in [1.82, 2.24) is 0 Å². The molecule has 0 aliphatic carbocycles. The van der Waals surface area contributed by atoms with Crippen molar-refractivity contribution in [2.24, 2.45) is 0 Å². The van der Waals surface area contributed by atoms with E-state index >= 15 is 0 Å². The minimum absolute atomic E-state index is 0.0772. The Kier molecular flexibility index (Phi) is 6.20. The van der Waals surface area contributed by atoms with Crippen LogP contribution in [0.3, 0.4) is 0 Å². The Labute approximate surface area is 147 Å². The Morgan fingerprint density at radius 2 is 2.00 bits per heavy atom. The first-order valence-electron chi connectivity index (χ1n) is 6.99. The molecule has 2 aromatic carbocycles. The second-order valence-electron chi connectivity index (χ2n) is 4.68. The summed E-state index contributed by atoms with van der Waals surface area (Å²) in [6.45, 7) is 2.03. The number of rotatable bonds is 5. The van der Waals surface area contributed by atoms with Gasteiger partial charge in [0.25, 0.3) is 0 Å². The van der Waals surface area contributed by atoms with Crippen LogP contribution in [0.4, 0.5) is 9.18 Å². The van der Waals surface area contributed by atoms with Crippen LogP contribution in [-0.4, -0.2) is 13.3 Å². The highest BCUT2D eigenvalue weighted by molar-refractivity contribution is 14.1. The van der Waals surface area contributed by atoms with Gasteiger partial charge in [0.1, 0.15) is 12.4 Å². The van der Waals surface area contributed by atoms with Crippen LogP contribution in [0.5, 0.6) is 11.5 Å². The minimum Gasteiger partial charge on any atom is -0.486 e. The number of carbonyl (C=O) groups excluding carboxylic acids is 1. The molecule has 0 saturated heterocycles. The molecule has 4 nitrogen and oxygen atoms in total. The van der Waals surface area contributed by atoms with Crippen molar-refractivity contribution >= 4 is 28.7 Å². The fraction of sp³-hybridized carbons (Fsp3) is 0.235. The van der Waals surface area contributed by atoms with Gasteiger partial charge in [0.2, 0.25) is 0 Å². The van der Waals surface area contributed by atoms with Gasteiger partial charge in [-0.1, -0.05) is 19.1 Å². The highest BCUT2D eigenvalue weighted by Gasteiger charge is 2.14. The number of hydrogen-bond donors (Lipinski definition) is 0. The van der Waals surface area contributed by atoms with Gasteiger partial charge in [-0.15, -0.1) is 0 Å². The molecule has 2 rings (SSSR count). The molecule has 0 aliphatic rings. The van der Waals surface area contributed by atoms with Crippen LogP contribution in [-0.2, 0) is 17.8 Å². The van der Waals surface area contributed by atoms with E-state index in [-0.39, 0.29) is 12.4 Å². The van der Waals surface area contributed by atoms with Crippen LogP contribution < -0.4 is 9.47 Å². The largest absolute Gasteiger partial charge is 0.513 e. The van der Waals surface area contributed by atoms with E-state index in [0.29, 0.717) is 11.3 Å². The average molecular weight is 430 g/mol. The highest BCUT2D eigenvalue weighted by atomic mass is 127. The van der Waals surface area contributed by atoms with Crippen LogP contribution in [0.15, 0.2) is 36.4 Å². The maximum atomic E-state index is 14.0. The van der Waals surface area contributed by atoms with Crippen molar-refractivity contribution in [2.75, 3.05) is 7.11 Å². The topological polar surface area (TPSA) is 44.8 Å². The molecule has 0 bridgehead atoms. The van der Waals surface area contributed by atoms with Gasteiger partial charge in [0.15, 0.2) is 11.6 Å². The summed E-state index contributed by atoms with van der Waals surface area (Å²) in [6, 6.07) is 10.1. The number of aryl methyl sites for hydroxylation is 1. The quantitative estimate of drug-likeness (QED) is 0.392. The third-order valence-electron chi connectivity index (χ3n) is 3.21. The summed E-state index contributed by atoms with van der Waals surface area (Å²) < 4.78 is 29.9. The molecular formula is C17H16FIO4. The Morgan fingerprint density at radius 3 is 2.65 bits per heavy atom. The summed E-state index contributed by atoms with van der Waals surface area (Å²) in [5, 5.41) is 0. The lowest BCUT2D eigenvalue weighted by molar-refractivity contribution is 0.120. The smallest absolute Gasteiger partial charge is 0.486 e. The Balaban J connectivity index is 2.18. The molecule has 0 aliphatic heterocycles. The summed E-state index contributed by atoms with van der Waals surface area (Å²) >= 11 is 2.10. The Hall–Kier alpha value is -1.83. The van der Waals surface area contributed by atoms with E-state index in [0.717, 1.165) is 15.6 Å². The molecule has 6 heteroatoms. The Bertz CT molecular complexity index is 703. The van der Waals surface area contributed by atoms with Gasteiger partial charge >= 0.3 is 6.16 Å². The summed E-state index contributed by atoms with van der Waals surface area (Å²) in [6.07, 6.45) is -0.0584. The van der Waals surface area contributed by atoms with Crippen LogP contribution in [0.2, 0.25) is 0 Å². The number of carbonyl (C=O) groups is 1. The van der Waals surface area contributed by atoms with Gasteiger partial charge in [-0.2, -0.15) is 0 Å². The van der Waals surface area contributed by atoms with Crippen molar-refractivity contribution in [2.45, 2.75) is 20.0 Å². The highest BCUT2D eigenvalue weighted by Crippen LogP contribution is 2.27. The average Bonchev–Trinajstić information content (AvgIpc) is 2.55. The molecule has 122 valence electrons. The third-order valence-corrected chi connectivity index (χ3v) is 4.22. The second kappa shape index (κ2) is 8.14. The molecule has 0 saturated carbocycles. The van der Waals surface area contributed by atoms with E-state index in [1.54, 1.807) is 18.2 Å². The summed E-state index contributed by atoms with van der Waals surface area (Å²) in [5.74, 6) is 0.0749. The van der Waals surface area contributed by atoms with Gasteiger partial charge < -0.3 is 14.2 Å². The van der Waals surface area contributed by atoms with Crippen molar-refractivity contribution in [3.8, 4) is 11.5 Å². The zero-order valence-corrected chi connectivity index (χ0v) is 14.9. The van der Waals surface area contributed by atoms with E-state index in [2.05, 4.69) is 27.3 Å². The lowest BCUT2D eigenvalue weighted by Gasteiger charge is -2.13. The maximum Gasteiger partial charge on any atom is 0.513 e. The summed E-state index contributed by atoms with van der Waals surface area (Å²) in [4.78, 5) is 11.3. The maximum absolute atomic E-state index is 14.0. The van der Waals surface area contributed by atoms with E-state index in [1.165, 1.54) is 13.2 Å². The van der Waals surface area contributed by atoms with E-state index < -0.39 is 12.0 Å². The number of ether oxygens (including phenoxy) is 3. The first kappa shape index (κ1) is 17.5. The van der Waals surface area contributed by atoms with Crippen LogP contribution >= 0.6 is 22.6 Å². The number of methoxy groups -OCH3 is 1. The van der Waals surface area contributed by atoms with Crippen LogP contribution in [0, 0.1) is 9.39 Å². The molecule has 0 amide bonds. The predicted molar refractivity (Wildman–Crippen MR) is 92.3 cm³/mol. The molecule has 0 aromatic heterocycles. The molecule has 0 heterocycles. The van der Waals surface area contributed by atoms with Gasteiger partial charge in [-0.05, 0) is 58.8 Å². The SMILES string of the molecule is CCc1ccc(OCc2c(I)cccc2OC(=O)OC)c(F)c1. The fourth-order valence-corrected chi connectivity index (χ4v) is 2.57. The Morgan fingerprint density at radius 1 is 1.22 bits per heavy atom. The predicted octanol–water partition coefficient (Wildman–Crippen LogP) is 4.72. The van der Waals surface area contributed by atoms with Gasteiger partial charge in [0.05, 0.1) is 7.11 Å². The van der Waals surface area contributed by atoms with Gasteiger partial charge in [-0.3, -0.25) is 0 Å². The van der Waals surface area contributed by atoms with E-state index in [1.807, 2.05) is 19.1 Å². The monoisotopic (exact) mass is 430 g/mol. The van der Waals surface area contributed by atoms with Crippen LogP contribution in [0.1, 0.15) is 18.1 Å². The number of benzene rings is 2. The number of halogens is 2. The van der Waals surface area contributed by atoms with E-state index in [9.17, 15) is 9.18 Å². The summed E-state index contributed by atoms with van der Waals surface area (Å²) in [5.41, 5.74) is 1.55. The first-order chi connectivity index (χ1) is 11.0. The van der Waals surface area contributed by atoms with E-state index in [4.69, 9.17) is 9.47 Å². The lowest BCUT2D eigenvalue weighted by Crippen LogP contribution is -2.11. The zero-order valence-electron chi connectivity index (χ0n) is 12.8. The molecule has 2 aromatic rings. The molecule has 0 fully saturated rings. The molecular weight excluding hydrogens is 414 g/mol. The van der Waals surface area contributed by atoms with Gasteiger partial charge in [-0.25, -0.2) is 9.18 Å². The van der Waals surface area contributed by atoms with Crippen molar-refractivity contribution in [1.29, 1.82) is 0 Å². The standard InChI is InChI=1S/C17H16FIO4/c1-3-11-7-8-16(13(18)9-11)22-10-12-14(19)5-4-6-15(12)23-17(20)21-2/h4-9H,3,10H2,1-2H3. The molecule has 23 heavy (non-hydrogen) atoms. The minimum atomic E-state index is -0.813. The van der Waals surface area contributed by atoms with Crippen molar-refractivity contribution in [3.05, 3.63) is 56.9 Å². The molecule has 0 atom stereocenters. The van der Waals surface area contributed by atoms with Crippen molar-refractivity contribution in [3.63, 3.8) is 0 Å². The number of hydrogen-bond acceptors (Lipinski definition) is 4. The lowest BCUT2D eigenvalue weighted by atomic mass is 10.1.